The highest BCUT2D eigenvalue weighted by atomic mass is 16.5. The van der Waals surface area contributed by atoms with E-state index >= 15 is 0 Å². The van der Waals surface area contributed by atoms with E-state index in [4.69, 9.17) is 9.15 Å². The van der Waals surface area contributed by atoms with Gasteiger partial charge in [0.05, 0.1) is 0 Å². The first-order chi connectivity index (χ1) is 13.0. The summed E-state index contributed by atoms with van der Waals surface area (Å²) in [5.74, 6) is -1.35. The maximum Gasteiger partial charge on any atom is 0.336 e. The predicted octanol–water partition coefficient (Wildman–Crippen LogP) is 1.98. The Morgan fingerprint density at radius 2 is 1.81 bits per heavy atom. The molecular weight excluding hydrogens is 350 g/mol. The summed E-state index contributed by atoms with van der Waals surface area (Å²) in [5.41, 5.74) is 0.658. The highest BCUT2D eigenvalue weighted by molar-refractivity contribution is 5.84. The highest BCUT2D eigenvalue weighted by Crippen LogP contribution is 2.19. The second-order valence-corrected chi connectivity index (χ2v) is 5.89. The largest absolute Gasteiger partial charge is 0.484 e. The maximum atomic E-state index is 12.1. The molecule has 3 aromatic rings. The van der Waals surface area contributed by atoms with Gasteiger partial charge in [-0.1, -0.05) is 30.3 Å². The smallest absolute Gasteiger partial charge is 0.336 e. The summed E-state index contributed by atoms with van der Waals surface area (Å²) in [6, 6.07) is 15.7. The van der Waals surface area contributed by atoms with Crippen LogP contribution in [0.5, 0.6) is 5.75 Å². The standard InChI is InChI=1S/C20H17NO6/c22-18(21-16(20(24)25)10-13-4-2-1-3-5-13)12-26-15-8-6-14-7-9-19(23)27-17(14)11-15/h1-9,11,16H,10,12H2,(H,21,22)(H,24,25)/t16-/m1/s1. The minimum Gasteiger partial charge on any atom is -0.484 e. The molecule has 1 atom stereocenters. The molecule has 0 radical (unpaired) electrons. The molecule has 7 heteroatoms. The number of carbonyl (C=O) groups is 2. The molecule has 0 aliphatic heterocycles. The summed E-state index contributed by atoms with van der Waals surface area (Å²) in [4.78, 5) is 34.7. The number of carboxylic acid groups (broad SMARTS) is 1. The number of nitrogens with one attached hydrogen (secondary N) is 1. The predicted molar refractivity (Wildman–Crippen MR) is 97.7 cm³/mol. The molecule has 1 heterocycles. The van der Waals surface area contributed by atoms with Crippen LogP contribution in [-0.2, 0) is 16.0 Å². The summed E-state index contributed by atoms with van der Waals surface area (Å²) in [6.07, 6.45) is 0.170. The zero-order chi connectivity index (χ0) is 19.2. The number of benzene rings is 2. The molecule has 0 fully saturated rings. The molecule has 7 nitrogen and oxygen atoms in total. The van der Waals surface area contributed by atoms with Crippen LogP contribution >= 0.6 is 0 Å². The number of fused-ring (bicyclic) bond motifs is 1. The minimum atomic E-state index is -1.13. The van der Waals surface area contributed by atoms with Gasteiger partial charge in [0.1, 0.15) is 17.4 Å². The van der Waals surface area contributed by atoms with Crippen LogP contribution in [0.1, 0.15) is 5.56 Å². The topological polar surface area (TPSA) is 106 Å². The van der Waals surface area contributed by atoms with E-state index in [1.165, 1.54) is 12.1 Å². The van der Waals surface area contributed by atoms with Gasteiger partial charge in [0, 0.05) is 23.9 Å². The van der Waals surface area contributed by atoms with Crippen molar-refractivity contribution in [2.75, 3.05) is 6.61 Å². The van der Waals surface area contributed by atoms with Crippen LogP contribution in [0, 0.1) is 0 Å². The molecule has 2 N–H and O–H groups in total. The summed E-state index contributed by atoms with van der Waals surface area (Å²) < 4.78 is 10.4. The van der Waals surface area contributed by atoms with Crippen molar-refractivity contribution in [3.05, 3.63) is 76.6 Å². The SMILES string of the molecule is O=C(COc1ccc2ccc(=O)oc2c1)N[C@H](Cc1ccccc1)C(=O)O. The molecule has 0 saturated heterocycles. The summed E-state index contributed by atoms with van der Waals surface area (Å²) >= 11 is 0. The third-order valence-electron chi connectivity index (χ3n) is 3.88. The van der Waals surface area contributed by atoms with Gasteiger partial charge in [-0.2, -0.15) is 0 Å². The molecule has 1 aromatic heterocycles. The van der Waals surface area contributed by atoms with Crippen molar-refractivity contribution in [2.24, 2.45) is 0 Å². The Morgan fingerprint density at radius 1 is 1.07 bits per heavy atom. The molecular formula is C20H17NO6. The Morgan fingerprint density at radius 3 is 2.56 bits per heavy atom. The van der Waals surface area contributed by atoms with Gasteiger partial charge in [-0.25, -0.2) is 9.59 Å². The zero-order valence-electron chi connectivity index (χ0n) is 14.3. The van der Waals surface area contributed by atoms with E-state index in [2.05, 4.69) is 5.32 Å². The molecule has 0 unspecified atom stereocenters. The van der Waals surface area contributed by atoms with Crippen LogP contribution in [0.2, 0.25) is 0 Å². The molecule has 27 heavy (non-hydrogen) atoms. The molecule has 138 valence electrons. The normalized spacial score (nSPS) is 11.7. The number of ether oxygens (including phenoxy) is 1. The number of rotatable bonds is 7. The van der Waals surface area contributed by atoms with E-state index in [-0.39, 0.29) is 13.0 Å². The van der Waals surface area contributed by atoms with E-state index in [0.29, 0.717) is 11.3 Å². The third kappa shape index (κ3) is 4.94. The van der Waals surface area contributed by atoms with Gasteiger partial charge >= 0.3 is 11.6 Å². The lowest BCUT2D eigenvalue weighted by Crippen LogP contribution is -2.44. The van der Waals surface area contributed by atoms with Crippen LogP contribution in [-0.4, -0.2) is 29.6 Å². The van der Waals surface area contributed by atoms with Gasteiger partial charge in [-0.15, -0.1) is 0 Å². The first-order valence-corrected chi connectivity index (χ1v) is 8.24. The Balaban J connectivity index is 1.61. The van der Waals surface area contributed by atoms with Gasteiger partial charge < -0.3 is 19.6 Å². The van der Waals surface area contributed by atoms with Gasteiger partial charge in [-0.3, -0.25) is 4.79 Å². The number of aliphatic carboxylic acids is 1. The maximum absolute atomic E-state index is 12.1. The quantitative estimate of drug-likeness (QED) is 0.619. The highest BCUT2D eigenvalue weighted by Gasteiger charge is 2.20. The Labute approximate surface area is 154 Å². The van der Waals surface area contributed by atoms with Crippen LogP contribution in [0.3, 0.4) is 0 Å². The number of carboxylic acids is 1. The Kier molecular flexibility index (Phi) is 5.51. The Bertz CT molecular complexity index is 1010. The zero-order valence-corrected chi connectivity index (χ0v) is 14.3. The fraction of sp³-hybridized carbons (Fsp3) is 0.150. The molecule has 0 bridgehead atoms. The number of hydrogen-bond acceptors (Lipinski definition) is 5. The monoisotopic (exact) mass is 367 g/mol. The molecule has 1 amide bonds. The fourth-order valence-electron chi connectivity index (χ4n) is 2.57. The molecule has 0 spiro atoms. The van der Waals surface area contributed by atoms with E-state index < -0.39 is 23.5 Å². The van der Waals surface area contributed by atoms with Crippen molar-refractivity contribution < 1.29 is 23.8 Å². The molecule has 0 aliphatic carbocycles. The van der Waals surface area contributed by atoms with Gasteiger partial charge in [0.25, 0.3) is 5.91 Å². The third-order valence-corrected chi connectivity index (χ3v) is 3.88. The van der Waals surface area contributed by atoms with Crippen molar-refractivity contribution in [1.82, 2.24) is 5.32 Å². The number of hydrogen-bond donors (Lipinski definition) is 2. The average molecular weight is 367 g/mol. The van der Waals surface area contributed by atoms with E-state index in [1.807, 2.05) is 6.07 Å². The Hall–Kier alpha value is -3.61. The van der Waals surface area contributed by atoms with Crippen LogP contribution in [0.4, 0.5) is 0 Å². The van der Waals surface area contributed by atoms with Crippen LogP contribution < -0.4 is 15.7 Å². The first-order valence-electron chi connectivity index (χ1n) is 8.24. The lowest BCUT2D eigenvalue weighted by Gasteiger charge is -2.15. The minimum absolute atomic E-state index is 0.170. The van der Waals surface area contributed by atoms with Gasteiger partial charge in [0.2, 0.25) is 0 Å². The van der Waals surface area contributed by atoms with Crippen LogP contribution in [0.15, 0.2) is 69.9 Å². The van der Waals surface area contributed by atoms with Crippen molar-refractivity contribution in [3.8, 4) is 5.75 Å². The first kappa shape index (κ1) is 18.2. The fourth-order valence-corrected chi connectivity index (χ4v) is 2.57. The number of carbonyl (C=O) groups excluding carboxylic acids is 1. The molecule has 2 aromatic carbocycles. The molecule has 0 aliphatic rings. The van der Waals surface area contributed by atoms with Crippen molar-refractivity contribution in [3.63, 3.8) is 0 Å². The summed E-state index contributed by atoms with van der Waals surface area (Å²) in [5, 5.41) is 12.5. The summed E-state index contributed by atoms with van der Waals surface area (Å²) in [7, 11) is 0. The second-order valence-electron chi connectivity index (χ2n) is 5.89. The van der Waals surface area contributed by atoms with E-state index in [9.17, 15) is 19.5 Å². The van der Waals surface area contributed by atoms with Crippen molar-refractivity contribution in [2.45, 2.75) is 12.5 Å². The number of amides is 1. The van der Waals surface area contributed by atoms with Crippen molar-refractivity contribution in [1.29, 1.82) is 0 Å². The second kappa shape index (κ2) is 8.18. The average Bonchev–Trinajstić information content (AvgIpc) is 2.66. The van der Waals surface area contributed by atoms with E-state index in [1.54, 1.807) is 42.5 Å². The lowest BCUT2D eigenvalue weighted by atomic mass is 10.1. The van der Waals surface area contributed by atoms with Crippen molar-refractivity contribution >= 4 is 22.8 Å². The molecule has 3 rings (SSSR count). The summed E-state index contributed by atoms with van der Waals surface area (Å²) in [6.45, 7) is -0.360. The van der Waals surface area contributed by atoms with E-state index in [0.717, 1.165) is 10.9 Å². The lowest BCUT2D eigenvalue weighted by molar-refractivity contribution is -0.142. The van der Waals surface area contributed by atoms with Gasteiger partial charge in [0.15, 0.2) is 6.61 Å². The molecule has 0 saturated carbocycles. The van der Waals surface area contributed by atoms with Crippen LogP contribution in [0.25, 0.3) is 11.0 Å². The van der Waals surface area contributed by atoms with Gasteiger partial charge in [-0.05, 0) is 23.8 Å².